The van der Waals surface area contributed by atoms with E-state index in [-0.39, 0.29) is 38.5 Å². The molecular weight excluding hydrogens is 847 g/mol. The van der Waals surface area contributed by atoms with Gasteiger partial charge in [0.2, 0.25) is 0 Å². The number of esters is 1. The molecule has 1 amide bonds. The number of hydrogen-bond acceptors (Lipinski definition) is 10. The second kappa shape index (κ2) is 24.8. The molecule has 0 spiro atoms. The van der Waals surface area contributed by atoms with Crippen molar-refractivity contribution in [2.75, 3.05) is 13.2 Å². The van der Waals surface area contributed by atoms with Crippen LogP contribution >= 0.6 is 0 Å². The summed E-state index contributed by atoms with van der Waals surface area (Å²) < 4.78 is 48.4. The van der Waals surface area contributed by atoms with Crippen molar-refractivity contribution in [3.8, 4) is 34.5 Å². The second-order valence-corrected chi connectivity index (χ2v) is 15.5. The third kappa shape index (κ3) is 16.1. The number of hydrogen-bond donors (Lipinski definition) is 1. The highest BCUT2D eigenvalue weighted by atomic mass is 16.6. The maximum Gasteiger partial charge on any atom is 0.407 e. The topological polar surface area (TPSA) is 120 Å². The van der Waals surface area contributed by atoms with Gasteiger partial charge in [0.15, 0.2) is 0 Å². The van der Waals surface area contributed by atoms with E-state index in [4.69, 9.17) is 37.9 Å². The summed E-state index contributed by atoms with van der Waals surface area (Å²) in [7, 11) is 0. The molecule has 0 atom stereocenters. The zero-order chi connectivity index (χ0) is 46.5. The summed E-state index contributed by atoms with van der Waals surface area (Å²) in [5.41, 5.74) is 6.61. The zero-order valence-electron chi connectivity index (χ0n) is 37.4. The number of ether oxygens (including phenoxy) is 8. The second-order valence-electron chi connectivity index (χ2n) is 15.5. The molecule has 342 valence electrons. The van der Waals surface area contributed by atoms with Crippen LogP contribution in [0, 0.1) is 0 Å². The third-order valence-corrected chi connectivity index (χ3v) is 9.95. The number of carbonyl (C=O) groups is 2. The van der Waals surface area contributed by atoms with Gasteiger partial charge < -0.3 is 43.2 Å². The lowest BCUT2D eigenvalue weighted by atomic mass is 10.2. The van der Waals surface area contributed by atoms with Crippen molar-refractivity contribution in [3.05, 3.63) is 227 Å². The van der Waals surface area contributed by atoms with Crippen molar-refractivity contribution in [1.29, 1.82) is 0 Å². The van der Waals surface area contributed by atoms with E-state index in [2.05, 4.69) is 11.9 Å². The summed E-state index contributed by atoms with van der Waals surface area (Å²) in [5.74, 6) is 2.91. The first-order valence-corrected chi connectivity index (χ1v) is 21.9. The third-order valence-electron chi connectivity index (χ3n) is 9.95. The lowest BCUT2D eigenvalue weighted by molar-refractivity contribution is -0.138. The molecule has 1 N–H and O–H groups in total. The van der Waals surface area contributed by atoms with Gasteiger partial charge in [0.25, 0.3) is 0 Å². The molecule has 0 radical (unpaired) electrons. The molecular formula is C56H53NO10. The van der Waals surface area contributed by atoms with Crippen LogP contribution in [0.5, 0.6) is 34.5 Å². The Kier molecular flexibility index (Phi) is 17.3. The van der Waals surface area contributed by atoms with Gasteiger partial charge in [0.1, 0.15) is 87.4 Å². The molecule has 0 aliphatic heterocycles. The molecule has 0 aromatic heterocycles. The highest BCUT2D eigenvalue weighted by Gasteiger charge is 2.13. The average molecular weight is 900 g/mol. The van der Waals surface area contributed by atoms with Crippen LogP contribution < -0.4 is 33.7 Å². The van der Waals surface area contributed by atoms with Crippen LogP contribution in [0.2, 0.25) is 0 Å². The number of carbonyl (C=O) groups excluding carboxylic acids is 2. The molecule has 0 fully saturated rings. The van der Waals surface area contributed by atoms with Gasteiger partial charge in [-0.1, -0.05) is 128 Å². The molecule has 0 aliphatic carbocycles. The Bertz CT molecular complexity index is 2380. The summed E-state index contributed by atoms with van der Waals surface area (Å²) in [5, 5.41) is 2.60. The molecule has 0 aliphatic rings. The summed E-state index contributed by atoms with van der Waals surface area (Å²) in [6, 6.07) is 56.5. The maximum atomic E-state index is 12.7. The van der Waals surface area contributed by atoms with E-state index < -0.39 is 12.1 Å². The molecule has 0 bridgehead atoms. The number of alkyl carbamates (subject to hydrolysis) is 1. The van der Waals surface area contributed by atoms with Crippen molar-refractivity contribution in [3.63, 3.8) is 0 Å². The minimum absolute atomic E-state index is 0.0306. The van der Waals surface area contributed by atoms with E-state index in [9.17, 15) is 9.59 Å². The molecule has 67 heavy (non-hydrogen) atoms. The fraction of sp³-hybridized carbons (Fsp3) is 0.179. The molecule has 7 rings (SSSR count). The lowest BCUT2D eigenvalue weighted by Gasteiger charge is -2.16. The largest absolute Gasteiger partial charge is 0.489 e. The SMILES string of the molecule is C=C(C)C(=O)OCCNC(=O)OCc1cc(OCc2cc(OCc3ccccc3)cc(OCc3ccccc3)c2)cc(OCc2cc(OCc3ccccc3)cc(OCc3ccccc3)c2)c1. The van der Waals surface area contributed by atoms with Crippen LogP contribution in [0.3, 0.4) is 0 Å². The normalized spacial score (nSPS) is 10.6. The highest BCUT2D eigenvalue weighted by Crippen LogP contribution is 2.30. The van der Waals surface area contributed by atoms with Crippen LogP contribution in [0.25, 0.3) is 0 Å². The Balaban J connectivity index is 1.09. The summed E-state index contributed by atoms with van der Waals surface area (Å²) >= 11 is 0. The van der Waals surface area contributed by atoms with Crippen molar-refractivity contribution in [2.24, 2.45) is 0 Å². The van der Waals surface area contributed by atoms with Gasteiger partial charge in [-0.3, -0.25) is 0 Å². The van der Waals surface area contributed by atoms with Gasteiger partial charge in [0, 0.05) is 23.8 Å². The maximum absolute atomic E-state index is 12.7. The van der Waals surface area contributed by atoms with Crippen molar-refractivity contribution in [2.45, 2.75) is 53.2 Å². The van der Waals surface area contributed by atoms with Gasteiger partial charge in [0.05, 0.1) is 6.54 Å². The Morgan fingerprint density at radius 3 is 0.970 bits per heavy atom. The number of nitrogens with one attached hydrogen (secondary N) is 1. The van der Waals surface area contributed by atoms with Gasteiger partial charge in [-0.25, -0.2) is 9.59 Å². The standard InChI is InChI=1S/C56H53NO10/c1-41(2)55(58)60-24-23-57-56(59)67-40-48-29-53(65-38-46-25-49(61-34-42-15-7-3-8-16-42)31-50(26-46)62-35-43-17-9-4-10-18-43)33-54(30-48)66-39-47-27-51(63-36-44-19-11-5-12-20-44)32-52(28-47)64-37-45-21-13-6-14-22-45/h3-22,25-33H,1,23-24,34-40H2,2H3,(H,57,59). The smallest absolute Gasteiger partial charge is 0.407 e. The summed E-state index contributed by atoms with van der Waals surface area (Å²) in [6.45, 7) is 6.85. The van der Waals surface area contributed by atoms with Gasteiger partial charge >= 0.3 is 12.1 Å². The molecule has 7 aromatic carbocycles. The predicted molar refractivity (Wildman–Crippen MR) is 255 cm³/mol. The van der Waals surface area contributed by atoms with E-state index in [1.165, 1.54) is 0 Å². The van der Waals surface area contributed by atoms with Crippen LogP contribution in [-0.2, 0) is 60.5 Å². The fourth-order valence-corrected chi connectivity index (χ4v) is 6.56. The van der Waals surface area contributed by atoms with E-state index in [0.29, 0.717) is 66.5 Å². The Hall–Kier alpha value is -8.18. The molecule has 0 saturated heterocycles. The lowest BCUT2D eigenvalue weighted by Crippen LogP contribution is -2.28. The highest BCUT2D eigenvalue weighted by molar-refractivity contribution is 5.86. The van der Waals surface area contributed by atoms with E-state index in [0.717, 1.165) is 33.4 Å². The molecule has 0 saturated carbocycles. The minimum Gasteiger partial charge on any atom is -0.489 e. The first-order chi connectivity index (χ1) is 32.8. The minimum atomic E-state index is -0.689. The molecule has 7 aromatic rings. The fourth-order valence-electron chi connectivity index (χ4n) is 6.56. The number of benzene rings is 7. The van der Waals surface area contributed by atoms with Crippen LogP contribution in [-0.4, -0.2) is 25.2 Å². The van der Waals surface area contributed by atoms with Crippen molar-refractivity contribution < 1.29 is 47.5 Å². The quantitative estimate of drug-likeness (QED) is 0.0357. The Morgan fingerprint density at radius 1 is 0.388 bits per heavy atom. The van der Waals surface area contributed by atoms with Crippen molar-refractivity contribution in [1.82, 2.24) is 5.32 Å². The van der Waals surface area contributed by atoms with E-state index in [1.807, 2.05) is 158 Å². The molecule has 0 heterocycles. The van der Waals surface area contributed by atoms with Crippen molar-refractivity contribution >= 4 is 12.1 Å². The first-order valence-electron chi connectivity index (χ1n) is 21.9. The van der Waals surface area contributed by atoms with E-state index in [1.54, 1.807) is 25.1 Å². The summed E-state index contributed by atoms with van der Waals surface area (Å²) in [4.78, 5) is 24.4. The van der Waals surface area contributed by atoms with E-state index >= 15 is 0 Å². The van der Waals surface area contributed by atoms with Gasteiger partial charge in [-0.15, -0.1) is 0 Å². The monoisotopic (exact) mass is 899 g/mol. The number of amides is 1. The first kappa shape index (κ1) is 46.8. The summed E-state index contributed by atoms with van der Waals surface area (Å²) in [6.07, 6.45) is -0.689. The Morgan fingerprint density at radius 2 is 0.672 bits per heavy atom. The predicted octanol–water partition coefficient (Wildman–Crippen LogP) is 11.5. The van der Waals surface area contributed by atoms with Crippen LogP contribution in [0.1, 0.15) is 45.9 Å². The Labute approximate surface area is 391 Å². The average Bonchev–Trinajstić information content (AvgIpc) is 3.36. The van der Waals surface area contributed by atoms with Crippen LogP contribution in [0.4, 0.5) is 4.79 Å². The van der Waals surface area contributed by atoms with Crippen LogP contribution in [0.15, 0.2) is 188 Å². The molecule has 11 heteroatoms. The zero-order valence-corrected chi connectivity index (χ0v) is 37.4. The molecule has 11 nitrogen and oxygen atoms in total. The molecule has 0 unspecified atom stereocenters. The number of rotatable bonds is 24. The van der Waals surface area contributed by atoms with Gasteiger partial charge in [-0.05, 0) is 82.3 Å². The van der Waals surface area contributed by atoms with Gasteiger partial charge in [-0.2, -0.15) is 0 Å².